The monoisotopic (exact) mass is 764 g/mol. The molecule has 8 heteroatoms. The zero-order valence-corrected chi connectivity index (χ0v) is 28.9. The van der Waals surface area contributed by atoms with E-state index in [1.807, 2.05) is 54.6 Å². The summed E-state index contributed by atoms with van der Waals surface area (Å²) in [4.78, 5) is 12.0. The summed E-state index contributed by atoms with van der Waals surface area (Å²) >= 11 is 7.09. The molecule has 0 atom stereocenters. The molecule has 232 valence electrons. The molecule has 0 bridgehead atoms. The summed E-state index contributed by atoms with van der Waals surface area (Å²) in [6, 6.07) is 45.8. The minimum absolute atomic E-state index is 0.133. The van der Waals surface area contributed by atoms with Crippen LogP contribution in [0.15, 0.2) is 142 Å². The molecule has 6 aromatic carbocycles. The average Bonchev–Trinajstić information content (AvgIpc) is 3.50. The van der Waals surface area contributed by atoms with E-state index >= 15 is 0 Å². The Kier molecular flexibility index (Phi) is 8.00. The lowest BCUT2D eigenvalue weighted by molar-refractivity contribution is 0.104. The first-order valence-corrected chi connectivity index (χ1v) is 18.1. The lowest BCUT2D eigenvalue weighted by Crippen LogP contribution is -2.32. The zero-order chi connectivity index (χ0) is 32.9. The van der Waals surface area contributed by atoms with Crippen molar-refractivity contribution in [2.75, 3.05) is 6.26 Å². The Hall–Kier alpha value is -4.34. The van der Waals surface area contributed by atoms with Crippen LogP contribution in [-0.2, 0) is 15.5 Å². The van der Waals surface area contributed by atoms with Gasteiger partial charge in [-0.1, -0.05) is 123 Å². The largest absolute Gasteiger partial charge is 0.457 e. The topological polar surface area (TPSA) is 80.7 Å². The fourth-order valence-corrected chi connectivity index (χ4v) is 7.55. The maximum absolute atomic E-state index is 12.0. The normalized spacial score (nSPS) is 13.7. The van der Waals surface area contributed by atoms with E-state index in [2.05, 4.69) is 111 Å². The number of ketones is 1. The SMILES string of the molecule is Brc1ccc2c(c1)-c1ccccc1C21c2ccccc2Oc2ccccc21.CS(=O)(=O)O.O=C1c2ccccc2-c2cc(Br)ccc21. The molecule has 1 N–H and O–H groups in total. The average molecular weight is 767 g/mol. The number of carbonyl (C=O) groups excluding carboxylic acids is 1. The van der Waals surface area contributed by atoms with Crippen LogP contribution < -0.4 is 4.74 Å². The number of para-hydroxylation sites is 2. The van der Waals surface area contributed by atoms with Gasteiger partial charge >= 0.3 is 0 Å². The highest BCUT2D eigenvalue weighted by Crippen LogP contribution is 2.62. The van der Waals surface area contributed by atoms with E-state index in [1.165, 1.54) is 33.4 Å². The molecule has 0 fully saturated rings. The summed E-state index contributed by atoms with van der Waals surface area (Å²) in [5.41, 5.74) is 11.0. The zero-order valence-electron chi connectivity index (χ0n) is 24.9. The predicted molar refractivity (Wildman–Crippen MR) is 192 cm³/mol. The van der Waals surface area contributed by atoms with Gasteiger partial charge in [-0.2, -0.15) is 8.42 Å². The molecular weight excluding hydrogens is 740 g/mol. The van der Waals surface area contributed by atoms with Crippen molar-refractivity contribution >= 4 is 47.8 Å². The molecule has 2 aliphatic carbocycles. The van der Waals surface area contributed by atoms with E-state index in [0.29, 0.717) is 6.26 Å². The Labute approximate surface area is 289 Å². The van der Waals surface area contributed by atoms with Gasteiger partial charge in [0.2, 0.25) is 0 Å². The van der Waals surface area contributed by atoms with E-state index in [-0.39, 0.29) is 11.2 Å². The molecule has 0 aromatic heterocycles. The highest BCUT2D eigenvalue weighted by atomic mass is 79.9. The lowest BCUT2D eigenvalue weighted by Gasteiger charge is -2.39. The van der Waals surface area contributed by atoms with Crippen molar-refractivity contribution in [3.63, 3.8) is 0 Å². The second kappa shape index (κ2) is 12.0. The lowest BCUT2D eigenvalue weighted by atomic mass is 9.66. The molecule has 9 rings (SSSR count). The highest BCUT2D eigenvalue weighted by Gasteiger charge is 2.50. The molecule has 1 spiro atoms. The third-order valence-corrected chi connectivity index (χ3v) is 9.48. The summed E-state index contributed by atoms with van der Waals surface area (Å²) < 4.78 is 34.3. The number of ether oxygens (including phenoxy) is 1. The van der Waals surface area contributed by atoms with Crippen LogP contribution in [0.1, 0.15) is 38.2 Å². The quantitative estimate of drug-likeness (QED) is 0.156. The first-order valence-electron chi connectivity index (χ1n) is 14.7. The molecule has 1 heterocycles. The van der Waals surface area contributed by atoms with Gasteiger partial charge in [0.25, 0.3) is 10.1 Å². The maximum Gasteiger partial charge on any atom is 0.261 e. The molecule has 1 aliphatic heterocycles. The van der Waals surface area contributed by atoms with Gasteiger partial charge in [0.15, 0.2) is 5.78 Å². The van der Waals surface area contributed by atoms with Gasteiger partial charge in [0, 0.05) is 31.2 Å². The van der Waals surface area contributed by atoms with Crippen LogP contribution in [-0.4, -0.2) is 25.0 Å². The molecule has 5 nitrogen and oxygen atoms in total. The van der Waals surface area contributed by atoms with Gasteiger partial charge < -0.3 is 4.74 Å². The van der Waals surface area contributed by atoms with Gasteiger partial charge in [-0.05, 0) is 75.8 Å². The van der Waals surface area contributed by atoms with Crippen molar-refractivity contribution in [1.82, 2.24) is 0 Å². The summed E-state index contributed by atoms with van der Waals surface area (Å²) in [5, 5.41) is 0. The van der Waals surface area contributed by atoms with E-state index in [9.17, 15) is 13.2 Å². The fraction of sp³-hybridized carbons (Fsp3) is 0.0513. The second-order valence-electron chi connectivity index (χ2n) is 11.4. The molecule has 0 amide bonds. The molecule has 3 aliphatic rings. The van der Waals surface area contributed by atoms with E-state index in [4.69, 9.17) is 9.29 Å². The predicted octanol–water partition coefficient (Wildman–Crippen LogP) is 10.1. The maximum atomic E-state index is 12.0. The molecule has 0 radical (unpaired) electrons. The van der Waals surface area contributed by atoms with Gasteiger partial charge in [0.1, 0.15) is 11.5 Å². The first kappa shape index (κ1) is 31.3. The van der Waals surface area contributed by atoms with Crippen LogP contribution in [0.5, 0.6) is 11.5 Å². The number of rotatable bonds is 0. The minimum Gasteiger partial charge on any atom is -0.457 e. The smallest absolute Gasteiger partial charge is 0.261 e. The van der Waals surface area contributed by atoms with Crippen LogP contribution >= 0.6 is 31.9 Å². The van der Waals surface area contributed by atoms with Gasteiger partial charge in [0.05, 0.1) is 11.7 Å². The second-order valence-corrected chi connectivity index (χ2v) is 14.7. The number of carbonyl (C=O) groups is 1. The highest BCUT2D eigenvalue weighted by molar-refractivity contribution is 9.10. The Morgan fingerprint density at radius 1 is 0.532 bits per heavy atom. The van der Waals surface area contributed by atoms with E-state index in [0.717, 1.165) is 42.7 Å². The number of halogens is 2. The number of benzene rings is 6. The Morgan fingerprint density at radius 3 is 1.57 bits per heavy atom. The Morgan fingerprint density at radius 2 is 0.957 bits per heavy atom. The molecule has 47 heavy (non-hydrogen) atoms. The van der Waals surface area contributed by atoms with Crippen molar-refractivity contribution < 1.29 is 22.5 Å². The molecule has 0 saturated heterocycles. The molecule has 0 unspecified atom stereocenters. The van der Waals surface area contributed by atoms with Crippen LogP contribution in [0.2, 0.25) is 0 Å². The summed E-state index contributed by atoms with van der Waals surface area (Å²) in [5.74, 6) is 2.00. The summed E-state index contributed by atoms with van der Waals surface area (Å²) in [7, 11) is -3.67. The van der Waals surface area contributed by atoms with E-state index in [1.54, 1.807) is 0 Å². The first-order chi connectivity index (χ1) is 22.6. The summed E-state index contributed by atoms with van der Waals surface area (Å²) in [6.07, 6.45) is 0.715. The van der Waals surface area contributed by atoms with Crippen molar-refractivity contribution in [3.05, 3.63) is 176 Å². The number of fused-ring (bicyclic) bond motifs is 12. The van der Waals surface area contributed by atoms with Gasteiger partial charge in [-0.25, -0.2) is 0 Å². The van der Waals surface area contributed by atoms with Crippen molar-refractivity contribution in [1.29, 1.82) is 0 Å². The Balaban J connectivity index is 0.000000148. The third-order valence-electron chi connectivity index (χ3n) is 8.50. The number of hydrogen-bond donors (Lipinski definition) is 1. The number of hydrogen-bond acceptors (Lipinski definition) is 4. The minimum atomic E-state index is -3.67. The van der Waals surface area contributed by atoms with Crippen molar-refractivity contribution in [2.24, 2.45) is 0 Å². The van der Waals surface area contributed by atoms with Crippen LogP contribution in [0, 0.1) is 0 Å². The van der Waals surface area contributed by atoms with Crippen LogP contribution in [0.3, 0.4) is 0 Å². The van der Waals surface area contributed by atoms with Crippen LogP contribution in [0.4, 0.5) is 0 Å². The standard InChI is InChI=1S/C25H15BrO.C13H7BrO.CH4O3S/c26-16-13-14-20-18(15-16)17-7-1-2-8-19(17)25(20)21-9-3-5-11-23(21)27-24-12-6-4-10-22(24)25;14-8-5-6-11-12(7-8)9-3-1-2-4-10(9)13(11)15;1-5(2,3)4/h1-15H;1-7H;1H3,(H,2,3,4). The molecule has 0 saturated carbocycles. The fourth-order valence-electron chi connectivity index (χ4n) is 6.83. The van der Waals surface area contributed by atoms with Crippen molar-refractivity contribution in [3.8, 4) is 33.8 Å². The van der Waals surface area contributed by atoms with Gasteiger partial charge in [-0.15, -0.1) is 0 Å². The Bertz CT molecular complexity index is 2280. The molecular formula is C39H26Br2O5S. The van der Waals surface area contributed by atoms with E-state index < -0.39 is 10.1 Å². The summed E-state index contributed by atoms with van der Waals surface area (Å²) in [6.45, 7) is 0. The molecule has 6 aromatic rings. The third kappa shape index (κ3) is 5.45. The van der Waals surface area contributed by atoms with Gasteiger partial charge in [-0.3, -0.25) is 9.35 Å². The van der Waals surface area contributed by atoms with Crippen molar-refractivity contribution in [2.45, 2.75) is 5.41 Å². The van der Waals surface area contributed by atoms with Crippen LogP contribution in [0.25, 0.3) is 22.3 Å².